The summed E-state index contributed by atoms with van der Waals surface area (Å²) in [7, 11) is 0. The third-order valence-corrected chi connectivity index (χ3v) is 4.95. The summed E-state index contributed by atoms with van der Waals surface area (Å²) in [5, 5.41) is 1.71. The summed E-state index contributed by atoms with van der Waals surface area (Å²) < 4.78 is 0. The van der Waals surface area contributed by atoms with Gasteiger partial charge in [-0.2, -0.15) is 0 Å². The molecule has 150 valence electrons. The zero-order chi connectivity index (χ0) is 20.9. The van der Waals surface area contributed by atoms with Gasteiger partial charge in [0.1, 0.15) is 6.54 Å². The third kappa shape index (κ3) is 4.22. The monoisotopic (exact) mass is 399 g/mol. The summed E-state index contributed by atoms with van der Waals surface area (Å²) in [4.78, 5) is 39.0. The number of benzene rings is 3. The second-order valence-electron chi connectivity index (χ2n) is 7.06. The standard InChI is InChI=1S/C24H21N3O3/c28-22(17-26-23(29)15-19-11-7-8-14-21(19)24(26)30)25-27(20-12-5-2-6-13-20)16-18-9-3-1-4-10-18/h1-14H,15-17H2,(H,25,28). The number of nitrogens with zero attached hydrogens (tertiary/aromatic N) is 2. The molecule has 0 saturated heterocycles. The van der Waals surface area contributed by atoms with Crippen molar-refractivity contribution in [1.82, 2.24) is 10.3 Å². The highest BCUT2D eigenvalue weighted by molar-refractivity contribution is 6.11. The van der Waals surface area contributed by atoms with Crippen LogP contribution in [0.5, 0.6) is 0 Å². The molecule has 0 aliphatic carbocycles. The van der Waals surface area contributed by atoms with Crippen LogP contribution in [0.15, 0.2) is 84.9 Å². The van der Waals surface area contributed by atoms with Crippen LogP contribution >= 0.6 is 0 Å². The van der Waals surface area contributed by atoms with Gasteiger partial charge in [0.25, 0.3) is 11.8 Å². The van der Waals surface area contributed by atoms with Gasteiger partial charge in [0.15, 0.2) is 0 Å². The molecule has 4 rings (SSSR count). The summed E-state index contributed by atoms with van der Waals surface area (Å²) in [5.74, 6) is -1.25. The van der Waals surface area contributed by atoms with Crippen LogP contribution in [-0.4, -0.2) is 29.2 Å². The maximum Gasteiger partial charge on any atom is 0.261 e. The number of hydrogen-bond acceptors (Lipinski definition) is 4. The number of amides is 3. The Labute approximate surface area is 174 Å². The lowest BCUT2D eigenvalue weighted by Gasteiger charge is -2.29. The van der Waals surface area contributed by atoms with E-state index in [9.17, 15) is 14.4 Å². The molecule has 0 bridgehead atoms. The van der Waals surface area contributed by atoms with E-state index in [1.165, 1.54) is 0 Å². The average molecular weight is 399 g/mol. The topological polar surface area (TPSA) is 69.7 Å². The van der Waals surface area contributed by atoms with E-state index in [0.29, 0.717) is 17.7 Å². The van der Waals surface area contributed by atoms with E-state index in [0.717, 1.165) is 16.2 Å². The molecule has 0 fully saturated rings. The lowest BCUT2D eigenvalue weighted by atomic mass is 9.98. The third-order valence-electron chi connectivity index (χ3n) is 4.95. The average Bonchev–Trinajstić information content (AvgIpc) is 2.77. The smallest absolute Gasteiger partial charge is 0.261 e. The molecule has 6 nitrogen and oxygen atoms in total. The quantitative estimate of drug-likeness (QED) is 0.511. The molecule has 0 atom stereocenters. The first kappa shape index (κ1) is 19.4. The largest absolute Gasteiger partial charge is 0.281 e. The van der Waals surface area contributed by atoms with E-state index in [4.69, 9.17) is 0 Å². The number of carbonyl (C=O) groups is 3. The fourth-order valence-corrected chi connectivity index (χ4v) is 3.46. The van der Waals surface area contributed by atoms with Crippen molar-refractivity contribution in [3.63, 3.8) is 0 Å². The molecule has 0 saturated carbocycles. The van der Waals surface area contributed by atoms with Crippen LogP contribution in [-0.2, 0) is 22.6 Å². The number of fused-ring (bicyclic) bond motifs is 1. The molecule has 3 aromatic rings. The van der Waals surface area contributed by atoms with E-state index in [2.05, 4.69) is 5.43 Å². The Morgan fingerprint density at radius 2 is 1.50 bits per heavy atom. The normalized spacial score (nSPS) is 13.0. The zero-order valence-corrected chi connectivity index (χ0v) is 16.3. The van der Waals surface area contributed by atoms with E-state index in [1.807, 2.05) is 60.7 Å². The van der Waals surface area contributed by atoms with Crippen LogP contribution in [0.2, 0.25) is 0 Å². The first-order chi connectivity index (χ1) is 14.6. The lowest BCUT2D eigenvalue weighted by molar-refractivity contribution is -0.133. The zero-order valence-electron chi connectivity index (χ0n) is 16.3. The minimum Gasteiger partial charge on any atom is -0.281 e. The maximum absolute atomic E-state index is 12.8. The van der Waals surface area contributed by atoms with Crippen LogP contribution in [0.25, 0.3) is 0 Å². The first-order valence-corrected chi connectivity index (χ1v) is 9.70. The number of nitrogens with one attached hydrogen (secondary N) is 1. The predicted octanol–water partition coefficient (Wildman–Crippen LogP) is 2.95. The van der Waals surface area contributed by atoms with Gasteiger partial charge in [0.05, 0.1) is 18.7 Å². The van der Waals surface area contributed by atoms with Gasteiger partial charge in [0, 0.05) is 5.56 Å². The summed E-state index contributed by atoms with van der Waals surface area (Å²) in [6, 6.07) is 26.2. The molecule has 1 aliphatic heterocycles. The van der Waals surface area contributed by atoms with Gasteiger partial charge >= 0.3 is 0 Å². The molecule has 0 radical (unpaired) electrons. The fourth-order valence-electron chi connectivity index (χ4n) is 3.46. The molecule has 3 aromatic carbocycles. The van der Waals surface area contributed by atoms with E-state index < -0.39 is 11.8 Å². The number of anilines is 1. The molecule has 6 heteroatoms. The van der Waals surface area contributed by atoms with Gasteiger partial charge in [-0.3, -0.25) is 29.7 Å². The summed E-state index contributed by atoms with van der Waals surface area (Å²) in [6.45, 7) is 0.117. The molecule has 0 unspecified atom stereocenters. The Bertz CT molecular complexity index is 1070. The van der Waals surface area contributed by atoms with Crippen molar-refractivity contribution in [2.45, 2.75) is 13.0 Å². The predicted molar refractivity (Wildman–Crippen MR) is 113 cm³/mol. The van der Waals surface area contributed by atoms with Gasteiger partial charge in [-0.25, -0.2) is 0 Å². The van der Waals surface area contributed by atoms with Gasteiger partial charge in [0.2, 0.25) is 5.91 Å². The highest BCUT2D eigenvalue weighted by atomic mass is 16.2. The Morgan fingerprint density at radius 3 is 2.23 bits per heavy atom. The van der Waals surface area contributed by atoms with Crippen LogP contribution < -0.4 is 10.4 Å². The molecule has 1 aliphatic rings. The Balaban J connectivity index is 1.50. The fraction of sp³-hybridized carbons (Fsp3) is 0.125. The summed E-state index contributed by atoms with van der Waals surface area (Å²) >= 11 is 0. The highest BCUT2D eigenvalue weighted by Gasteiger charge is 2.32. The van der Waals surface area contributed by atoms with Gasteiger partial charge in [-0.15, -0.1) is 0 Å². The molecular weight excluding hydrogens is 378 g/mol. The summed E-state index contributed by atoms with van der Waals surface area (Å²) in [5.41, 5.74) is 5.82. The number of imide groups is 1. The van der Waals surface area contributed by atoms with Gasteiger partial charge < -0.3 is 0 Å². The van der Waals surface area contributed by atoms with Crippen molar-refractivity contribution in [2.75, 3.05) is 11.6 Å². The molecule has 1 heterocycles. The first-order valence-electron chi connectivity index (χ1n) is 9.70. The van der Waals surface area contributed by atoms with Crippen molar-refractivity contribution >= 4 is 23.4 Å². The number of rotatable bonds is 6. The minimum atomic E-state index is -0.439. The lowest BCUT2D eigenvalue weighted by Crippen LogP contribution is -2.51. The summed E-state index contributed by atoms with van der Waals surface area (Å²) in [6.07, 6.45) is 0.113. The van der Waals surface area contributed by atoms with Crippen molar-refractivity contribution < 1.29 is 14.4 Å². The Kier molecular flexibility index (Phi) is 5.57. The minimum absolute atomic E-state index is 0.113. The van der Waals surface area contributed by atoms with E-state index in [1.54, 1.807) is 29.3 Å². The van der Waals surface area contributed by atoms with Crippen molar-refractivity contribution in [3.05, 3.63) is 102 Å². The van der Waals surface area contributed by atoms with Crippen molar-refractivity contribution in [2.24, 2.45) is 0 Å². The molecule has 1 N–H and O–H groups in total. The Morgan fingerprint density at radius 1 is 0.867 bits per heavy atom. The number of para-hydroxylation sites is 1. The molecule has 0 aromatic heterocycles. The Hall–Kier alpha value is -3.93. The van der Waals surface area contributed by atoms with E-state index in [-0.39, 0.29) is 18.9 Å². The maximum atomic E-state index is 12.8. The molecule has 0 spiro atoms. The second kappa shape index (κ2) is 8.61. The second-order valence-corrected chi connectivity index (χ2v) is 7.06. The molecular formula is C24H21N3O3. The van der Waals surface area contributed by atoms with Crippen LogP contribution in [0, 0.1) is 0 Å². The van der Waals surface area contributed by atoms with Gasteiger partial charge in [-0.1, -0.05) is 66.7 Å². The SMILES string of the molecule is O=C(CN1C(=O)Cc2ccccc2C1=O)NN(Cc1ccccc1)c1ccccc1. The van der Waals surface area contributed by atoms with Crippen LogP contribution in [0.1, 0.15) is 21.5 Å². The van der Waals surface area contributed by atoms with E-state index >= 15 is 0 Å². The number of hydrogen-bond donors (Lipinski definition) is 1. The van der Waals surface area contributed by atoms with Crippen LogP contribution in [0.3, 0.4) is 0 Å². The highest BCUT2D eigenvalue weighted by Crippen LogP contribution is 2.20. The number of carbonyl (C=O) groups excluding carboxylic acids is 3. The van der Waals surface area contributed by atoms with Crippen molar-refractivity contribution in [3.8, 4) is 0 Å². The van der Waals surface area contributed by atoms with Crippen molar-refractivity contribution in [1.29, 1.82) is 0 Å². The molecule has 30 heavy (non-hydrogen) atoms. The molecule has 3 amide bonds. The van der Waals surface area contributed by atoms with Gasteiger partial charge in [-0.05, 0) is 29.3 Å². The number of hydrazine groups is 1. The van der Waals surface area contributed by atoms with Crippen LogP contribution in [0.4, 0.5) is 5.69 Å².